The van der Waals surface area contributed by atoms with E-state index >= 15 is 0 Å². The maximum absolute atomic E-state index is 13.7. The molecule has 2 aromatic carbocycles. The van der Waals surface area contributed by atoms with E-state index in [1.54, 1.807) is 44.1 Å². The quantitative estimate of drug-likeness (QED) is 0.350. The van der Waals surface area contributed by atoms with E-state index in [1.165, 1.54) is 0 Å². The van der Waals surface area contributed by atoms with Crippen LogP contribution in [0.2, 0.25) is 0 Å². The van der Waals surface area contributed by atoms with E-state index in [-0.39, 0.29) is 24.5 Å². The lowest BCUT2D eigenvalue weighted by atomic mass is 9.99. The molecule has 0 saturated carbocycles. The van der Waals surface area contributed by atoms with Crippen LogP contribution in [0.4, 0.5) is 16.2 Å². The molecular weight excluding hydrogens is 526 g/mol. The maximum Gasteiger partial charge on any atom is 0.323 e. The van der Waals surface area contributed by atoms with E-state index in [9.17, 15) is 14.7 Å². The lowest BCUT2D eigenvalue weighted by Gasteiger charge is -2.38. The van der Waals surface area contributed by atoms with Gasteiger partial charge in [-0.25, -0.2) is 4.79 Å². The predicted octanol–water partition coefficient (Wildman–Crippen LogP) is 4.30. The minimum absolute atomic E-state index is 0.0157. The predicted molar refractivity (Wildman–Crippen MR) is 156 cm³/mol. The van der Waals surface area contributed by atoms with E-state index in [2.05, 4.69) is 27.6 Å². The number of likely N-dealkylation sites (N-methyl/N-ethyl adjacent to an activating group) is 1. The van der Waals surface area contributed by atoms with Crippen LogP contribution in [-0.2, 0) is 6.54 Å². The highest BCUT2D eigenvalue weighted by molar-refractivity contribution is 6.03. The number of urea groups is 1. The largest absolute Gasteiger partial charge is 0.497 e. The second kappa shape index (κ2) is 13.0. The van der Waals surface area contributed by atoms with Crippen LogP contribution in [0.1, 0.15) is 41.2 Å². The van der Waals surface area contributed by atoms with Crippen molar-refractivity contribution in [2.24, 2.45) is 5.92 Å². The van der Waals surface area contributed by atoms with Crippen LogP contribution in [0.5, 0.6) is 11.5 Å². The Labute approximate surface area is 240 Å². The van der Waals surface area contributed by atoms with Crippen molar-refractivity contribution in [1.82, 2.24) is 15.0 Å². The second-order valence-corrected chi connectivity index (χ2v) is 10.7. The van der Waals surface area contributed by atoms with Crippen LogP contribution in [0.25, 0.3) is 0 Å². The molecule has 0 radical (unpaired) electrons. The van der Waals surface area contributed by atoms with Crippen molar-refractivity contribution in [3.8, 4) is 11.5 Å². The molecule has 0 saturated heterocycles. The Morgan fingerprint density at radius 3 is 2.59 bits per heavy atom. The van der Waals surface area contributed by atoms with Gasteiger partial charge in [-0.1, -0.05) is 24.2 Å². The fourth-order valence-electron chi connectivity index (χ4n) is 4.87. The minimum atomic E-state index is -0.495. The van der Waals surface area contributed by atoms with Gasteiger partial charge in [0.2, 0.25) is 0 Å². The summed E-state index contributed by atoms with van der Waals surface area (Å²) < 4.78 is 16.8. The monoisotopic (exact) mass is 565 g/mol. The number of fused-ring (bicyclic) bond motifs is 1. The van der Waals surface area contributed by atoms with Gasteiger partial charge in [-0.05, 0) is 63.7 Å². The highest BCUT2D eigenvalue weighted by Crippen LogP contribution is 2.31. The maximum atomic E-state index is 13.7. The average molecular weight is 566 g/mol. The van der Waals surface area contributed by atoms with Gasteiger partial charge in [-0.2, -0.15) is 0 Å². The van der Waals surface area contributed by atoms with Crippen molar-refractivity contribution in [2.75, 3.05) is 44.5 Å². The van der Waals surface area contributed by atoms with Crippen LogP contribution < -0.4 is 20.1 Å². The standard InChI is InChI=1S/C30H39N5O6/c1-18-14-35(19(2)17-36)29(37)25-13-23(31-30(38)32-28-20(3)33-41-21(28)4)9-12-26(25)40-27(18)16-34(5)15-22-7-10-24(39-6)11-8-22/h7-13,18-19,27,36H,14-17H2,1-6H3,(H2,31,32,38)/t18-,19-,27-/m0/s1. The van der Waals surface area contributed by atoms with E-state index in [1.807, 2.05) is 38.2 Å². The number of carbonyl (C=O) groups excluding carboxylic acids is 2. The Morgan fingerprint density at radius 1 is 1.22 bits per heavy atom. The topological polar surface area (TPSA) is 129 Å². The summed E-state index contributed by atoms with van der Waals surface area (Å²) >= 11 is 0. The number of aromatic nitrogens is 1. The number of amides is 3. The molecule has 0 bridgehead atoms. The molecule has 4 rings (SSSR count). The third kappa shape index (κ3) is 7.17. The number of methoxy groups -OCH3 is 1. The zero-order valence-corrected chi connectivity index (χ0v) is 24.4. The number of aliphatic hydroxyl groups excluding tert-OH is 1. The molecule has 41 heavy (non-hydrogen) atoms. The molecule has 0 aliphatic carbocycles. The molecule has 0 spiro atoms. The van der Waals surface area contributed by atoms with Crippen molar-refractivity contribution in [3.63, 3.8) is 0 Å². The SMILES string of the molecule is COc1ccc(CN(C)C[C@@H]2Oc3ccc(NC(=O)Nc4c(C)noc4C)cc3C(=O)N([C@@H](C)CO)C[C@@H]2C)cc1. The molecule has 2 heterocycles. The molecule has 1 aromatic heterocycles. The Bertz CT molecular complexity index is 1340. The number of hydrogen-bond donors (Lipinski definition) is 3. The number of ether oxygens (including phenoxy) is 2. The molecule has 1 aliphatic heterocycles. The molecule has 3 atom stereocenters. The van der Waals surface area contributed by atoms with Gasteiger partial charge in [0.25, 0.3) is 5.91 Å². The zero-order valence-electron chi connectivity index (χ0n) is 24.4. The molecule has 3 aromatic rings. The first-order valence-corrected chi connectivity index (χ1v) is 13.6. The van der Waals surface area contributed by atoms with Crippen molar-refractivity contribution in [2.45, 2.75) is 46.4 Å². The van der Waals surface area contributed by atoms with Crippen LogP contribution in [0, 0.1) is 19.8 Å². The normalized spacial score (nSPS) is 17.8. The Kier molecular flexibility index (Phi) is 9.51. The first-order valence-electron chi connectivity index (χ1n) is 13.6. The summed E-state index contributed by atoms with van der Waals surface area (Å²) in [5.74, 6) is 1.44. The van der Waals surface area contributed by atoms with Gasteiger partial charge >= 0.3 is 6.03 Å². The minimum Gasteiger partial charge on any atom is -0.497 e. The highest BCUT2D eigenvalue weighted by Gasteiger charge is 2.33. The Hall–Kier alpha value is -4.09. The fraction of sp³-hybridized carbons (Fsp3) is 0.433. The summed E-state index contributed by atoms with van der Waals surface area (Å²) in [6.07, 6.45) is -0.236. The first kappa shape index (κ1) is 29.9. The van der Waals surface area contributed by atoms with Crippen molar-refractivity contribution in [1.29, 1.82) is 0 Å². The van der Waals surface area contributed by atoms with E-state index in [0.717, 1.165) is 11.3 Å². The van der Waals surface area contributed by atoms with Crippen LogP contribution in [0.15, 0.2) is 47.0 Å². The smallest absolute Gasteiger partial charge is 0.323 e. The van der Waals surface area contributed by atoms with E-state index < -0.39 is 12.1 Å². The second-order valence-electron chi connectivity index (χ2n) is 10.7. The third-order valence-corrected chi connectivity index (χ3v) is 7.30. The number of aliphatic hydroxyl groups is 1. The summed E-state index contributed by atoms with van der Waals surface area (Å²) in [5, 5.41) is 19.3. The van der Waals surface area contributed by atoms with Gasteiger partial charge in [-0.15, -0.1) is 0 Å². The van der Waals surface area contributed by atoms with Gasteiger partial charge in [0.05, 0.1) is 25.3 Å². The number of carbonyl (C=O) groups is 2. The number of rotatable bonds is 9. The van der Waals surface area contributed by atoms with Crippen LogP contribution in [0.3, 0.4) is 0 Å². The molecule has 3 N–H and O–H groups in total. The van der Waals surface area contributed by atoms with Gasteiger partial charge in [-0.3, -0.25) is 9.69 Å². The molecule has 0 unspecified atom stereocenters. The Balaban J connectivity index is 1.55. The van der Waals surface area contributed by atoms with Crippen molar-refractivity contribution < 1.29 is 28.7 Å². The molecule has 220 valence electrons. The summed E-state index contributed by atoms with van der Waals surface area (Å²) in [6, 6.07) is 12.1. The number of nitrogens with zero attached hydrogens (tertiary/aromatic N) is 3. The van der Waals surface area contributed by atoms with Crippen LogP contribution >= 0.6 is 0 Å². The van der Waals surface area contributed by atoms with Crippen LogP contribution in [-0.4, -0.2) is 78.0 Å². The van der Waals surface area contributed by atoms with Gasteiger partial charge in [0.1, 0.15) is 29.0 Å². The highest BCUT2D eigenvalue weighted by atomic mass is 16.5. The molecule has 1 aliphatic rings. The molecule has 3 amide bonds. The van der Waals surface area contributed by atoms with Crippen molar-refractivity contribution in [3.05, 3.63) is 65.0 Å². The molecular formula is C30H39N5O6. The molecule has 0 fully saturated rings. The molecule has 11 heteroatoms. The summed E-state index contributed by atoms with van der Waals surface area (Å²) in [5.41, 5.74) is 2.93. The lowest BCUT2D eigenvalue weighted by molar-refractivity contribution is 0.0341. The third-order valence-electron chi connectivity index (χ3n) is 7.30. The summed E-state index contributed by atoms with van der Waals surface area (Å²) in [4.78, 5) is 30.3. The van der Waals surface area contributed by atoms with Gasteiger partial charge in [0.15, 0.2) is 5.76 Å². The van der Waals surface area contributed by atoms with E-state index in [0.29, 0.717) is 53.8 Å². The van der Waals surface area contributed by atoms with Gasteiger partial charge < -0.3 is 34.6 Å². The average Bonchev–Trinajstić information content (AvgIpc) is 3.27. The summed E-state index contributed by atoms with van der Waals surface area (Å²) in [6.45, 7) is 8.87. The fourth-order valence-corrected chi connectivity index (χ4v) is 4.87. The number of hydrogen-bond acceptors (Lipinski definition) is 8. The zero-order chi connectivity index (χ0) is 29.7. The Morgan fingerprint density at radius 2 is 1.95 bits per heavy atom. The lowest BCUT2D eigenvalue weighted by Crippen LogP contribution is -2.49. The van der Waals surface area contributed by atoms with Crippen molar-refractivity contribution >= 4 is 23.3 Å². The van der Waals surface area contributed by atoms with Gasteiger partial charge in [0, 0.05) is 31.2 Å². The number of anilines is 2. The molecule has 11 nitrogen and oxygen atoms in total. The number of nitrogens with one attached hydrogen (secondary N) is 2. The number of aryl methyl sites for hydroxylation is 2. The number of benzene rings is 2. The van der Waals surface area contributed by atoms with E-state index in [4.69, 9.17) is 14.0 Å². The first-order chi connectivity index (χ1) is 19.6. The summed E-state index contributed by atoms with van der Waals surface area (Å²) in [7, 11) is 3.68.